The Labute approximate surface area is 174 Å². The van der Waals surface area contributed by atoms with Gasteiger partial charge in [-0.15, -0.1) is 0 Å². The van der Waals surface area contributed by atoms with Gasteiger partial charge in [-0.05, 0) is 24.5 Å². The molecule has 1 amide bonds. The quantitative estimate of drug-likeness (QED) is 0.719. The second-order valence-corrected chi connectivity index (χ2v) is 7.62. The molecule has 0 saturated heterocycles. The van der Waals surface area contributed by atoms with Gasteiger partial charge >= 0.3 is 0 Å². The monoisotopic (exact) mass is 411 g/mol. The molecule has 0 fully saturated rings. The summed E-state index contributed by atoms with van der Waals surface area (Å²) in [6.07, 6.45) is 2.06. The zero-order valence-electron chi connectivity index (χ0n) is 16.4. The van der Waals surface area contributed by atoms with Gasteiger partial charge in [0.05, 0.1) is 19.9 Å². The number of carbonyl (C=O) groups excluding carboxylic acids is 2. The first-order valence-corrected chi connectivity index (χ1v) is 9.98. The lowest BCUT2D eigenvalue weighted by Crippen LogP contribution is -2.40. The van der Waals surface area contributed by atoms with Crippen molar-refractivity contribution in [1.29, 1.82) is 0 Å². The van der Waals surface area contributed by atoms with Crippen molar-refractivity contribution in [1.82, 2.24) is 0 Å². The van der Waals surface area contributed by atoms with E-state index in [4.69, 9.17) is 21.1 Å². The van der Waals surface area contributed by atoms with Gasteiger partial charge in [0.15, 0.2) is 5.78 Å². The lowest BCUT2D eigenvalue weighted by molar-refractivity contribution is -0.119. The van der Waals surface area contributed by atoms with E-state index in [-0.39, 0.29) is 24.0 Å². The second kappa shape index (κ2) is 7.91. The molecule has 29 heavy (non-hydrogen) atoms. The Morgan fingerprint density at radius 1 is 1.00 bits per heavy atom. The van der Waals surface area contributed by atoms with Crippen molar-refractivity contribution in [2.75, 3.05) is 19.1 Å². The minimum absolute atomic E-state index is 0.0707. The Hall–Kier alpha value is -2.79. The minimum Gasteiger partial charge on any atom is -0.497 e. The zero-order valence-corrected chi connectivity index (χ0v) is 17.2. The van der Waals surface area contributed by atoms with E-state index in [1.165, 1.54) is 0 Å². The van der Waals surface area contributed by atoms with E-state index in [9.17, 15) is 9.59 Å². The van der Waals surface area contributed by atoms with Crippen LogP contribution in [0.5, 0.6) is 11.5 Å². The van der Waals surface area contributed by atoms with Crippen molar-refractivity contribution in [2.45, 2.75) is 31.6 Å². The molecule has 6 heteroatoms. The number of hydrogen-bond donors (Lipinski definition) is 0. The fourth-order valence-electron chi connectivity index (χ4n) is 4.24. The maximum atomic E-state index is 13.3. The predicted octanol–water partition coefficient (Wildman–Crippen LogP) is 4.88. The van der Waals surface area contributed by atoms with Gasteiger partial charge in [-0.3, -0.25) is 14.5 Å². The summed E-state index contributed by atoms with van der Waals surface area (Å²) in [4.78, 5) is 27.9. The van der Waals surface area contributed by atoms with Crippen LogP contribution in [0.1, 0.15) is 37.2 Å². The summed E-state index contributed by atoms with van der Waals surface area (Å²) in [6, 6.07) is 12.8. The number of ether oxygens (including phenoxy) is 2. The first-order chi connectivity index (χ1) is 14.0. The van der Waals surface area contributed by atoms with Crippen molar-refractivity contribution in [3.8, 4) is 11.5 Å². The van der Waals surface area contributed by atoms with E-state index in [2.05, 4.69) is 0 Å². The molecule has 1 heterocycles. The van der Waals surface area contributed by atoms with Crippen molar-refractivity contribution in [3.05, 3.63) is 64.3 Å². The van der Waals surface area contributed by atoms with Crippen LogP contribution in [0.4, 0.5) is 5.69 Å². The van der Waals surface area contributed by atoms with Crippen LogP contribution >= 0.6 is 11.6 Å². The molecule has 0 spiro atoms. The van der Waals surface area contributed by atoms with Crippen molar-refractivity contribution >= 4 is 29.0 Å². The van der Waals surface area contributed by atoms with Gasteiger partial charge in [-0.2, -0.15) is 0 Å². The van der Waals surface area contributed by atoms with E-state index < -0.39 is 0 Å². The third-order valence-electron chi connectivity index (χ3n) is 5.55. The molecule has 0 bridgehead atoms. The highest BCUT2D eigenvalue weighted by molar-refractivity contribution is 6.31. The molecule has 0 aromatic heterocycles. The molecule has 1 aliphatic carbocycles. The summed E-state index contributed by atoms with van der Waals surface area (Å²) >= 11 is 6.42. The fraction of sp³-hybridized carbons (Fsp3) is 0.304. The zero-order chi connectivity index (χ0) is 20.5. The molecule has 1 atom stereocenters. The predicted molar refractivity (Wildman–Crippen MR) is 112 cm³/mol. The normalized spacial score (nSPS) is 19.3. The number of methoxy groups -OCH3 is 2. The van der Waals surface area contributed by atoms with E-state index in [1.54, 1.807) is 43.4 Å². The van der Waals surface area contributed by atoms with E-state index in [1.807, 2.05) is 18.2 Å². The number of carbonyl (C=O) groups is 2. The third kappa shape index (κ3) is 3.51. The number of rotatable bonds is 4. The number of Topliss-reactive ketones (excluding diaryl/α,β-unsaturated/α-hetero) is 1. The van der Waals surface area contributed by atoms with Crippen LogP contribution < -0.4 is 14.4 Å². The molecule has 2 aliphatic rings. The molecule has 2 aromatic carbocycles. The largest absolute Gasteiger partial charge is 0.497 e. The Morgan fingerprint density at radius 3 is 2.34 bits per heavy atom. The number of allylic oxidation sites excluding steroid dienone is 2. The van der Waals surface area contributed by atoms with Gasteiger partial charge in [0, 0.05) is 53.3 Å². The first kappa shape index (κ1) is 19.5. The van der Waals surface area contributed by atoms with Crippen LogP contribution in [0.2, 0.25) is 5.02 Å². The average molecular weight is 412 g/mol. The van der Waals surface area contributed by atoms with Gasteiger partial charge in [-0.25, -0.2) is 0 Å². The average Bonchev–Trinajstić information content (AvgIpc) is 2.73. The van der Waals surface area contributed by atoms with Gasteiger partial charge in [-0.1, -0.05) is 29.8 Å². The Morgan fingerprint density at radius 2 is 1.69 bits per heavy atom. The van der Waals surface area contributed by atoms with Gasteiger partial charge in [0.2, 0.25) is 5.91 Å². The van der Waals surface area contributed by atoms with Crippen LogP contribution in [0.15, 0.2) is 53.7 Å². The van der Waals surface area contributed by atoms with Gasteiger partial charge < -0.3 is 9.47 Å². The smallest absolute Gasteiger partial charge is 0.232 e. The standard InChI is InChI=1S/C23H22ClNO4/c1-28-15-10-14(11-16(12-15)29-2)25-20-8-5-9-21(26)23(20)18(13-22(25)27)17-6-3-4-7-19(17)24/h3-4,6-7,10-12,18H,5,8-9,13H2,1-2H3. The molecule has 1 aliphatic heterocycles. The minimum atomic E-state index is -0.317. The number of anilines is 1. The lowest BCUT2D eigenvalue weighted by Gasteiger charge is -2.38. The van der Waals surface area contributed by atoms with Crippen molar-refractivity contribution in [2.24, 2.45) is 0 Å². The summed E-state index contributed by atoms with van der Waals surface area (Å²) in [5, 5.41) is 0.576. The molecular formula is C23H22ClNO4. The lowest BCUT2D eigenvalue weighted by atomic mass is 9.77. The number of benzene rings is 2. The summed E-state index contributed by atoms with van der Waals surface area (Å²) in [5.74, 6) is 0.874. The highest BCUT2D eigenvalue weighted by atomic mass is 35.5. The maximum Gasteiger partial charge on any atom is 0.232 e. The number of halogens is 1. The van der Waals surface area contributed by atoms with Crippen LogP contribution in [0.25, 0.3) is 0 Å². The molecule has 2 aromatic rings. The van der Waals surface area contributed by atoms with Crippen LogP contribution in [-0.4, -0.2) is 25.9 Å². The first-order valence-electron chi connectivity index (χ1n) is 9.60. The number of amides is 1. The summed E-state index contributed by atoms with van der Waals surface area (Å²) in [6.45, 7) is 0. The number of hydrogen-bond acceptors (Lipinski definition) is 4. The van der Waals surface area contributed by atoms with Crippen molar-refractivity contribution < 1.29 is 19.1 Å². The van der Waals surface area contributed by atoms with Gasteiger partial charge in [0.1, 0.15) is 11.5 Å². The molecule has 0 saturated carbocycles. The van der Waals surface area contributed by atoms with Gasteiger partial charge in [0.25, 0.3) is 0 Å². The molecule has 5 nitrogen and oxygen atoms in total. The highest BCUT2D eigenvalue weighted by Gasteiger charge is 2.40. The third-order valence-corrected chi connectivity index (χ3v) is 5.89. The highest BCUT2D eigenvalue weighted by Crippen LogP contribution is 2.45. The number of ketones is 1. The van der Waals surface area contributed by atoms with Crippen LogP contribution in [0, 0.1) is 0 Å². The molecule has 0 N–H and O–H groups in total. The second-order valence-electron chi connectivity index (χ2n) is 7.22. The van der Waals surface area contributed by atoms with Crippen LogP contribution in [0.3, 0.4) is 0 Å². The molecular weight excluding hydrogens is 390 g/mol. The van der Waals surface area contributed by atoms with E-state index >= 15 is 0 Å². The summed E-state index contributed by atoms with van der Waals surface area (Å²) in [5.41, 5.74) is 2.93. The SMILES string of the molecule is COc1cc(OC)cc(N2C(=O)CC(c3ccccc3Cl)C3=C2CCCC3=O)c1. The van der Waals surface area contributed by atoms with Crippen molar-refractivity contribution in [3.63, 3.8) is 0 Å². The molecule has 150 valence electrons. The topological polar surface area (TPSA) is 55.8 Å². The van der Waals surface area contributed by atoms with E-state index in [0.717, 1.165) is 17.7 Å². The van der Waals surface area contributed by atoms with E-state index in [0.29, 0.717) is 40.6 Å². The molecule has 1 unspecified atom stereocenters. The summed E-state index contributed by atoms with van der Waals surface area (Å²) < 4.78 is 10.7. The molecule has 4 rings (SSSR count). The summed E-state index contributed by atoms with van der Waals surface area (Å²) in [7, 11) is 3.14. The Bertz CT molecular complexity index is 991. The molecule has 0 radical (unpaired) electrons. The Balaban J connectivity index is 1.88. The van der Waals surface area contributed by atoms with Crippen LogP contribution in [-0.2, 0) is 9.59 Å². The fourth-order valence-corrected chi connectivity index (χ4v) is 4.50. The Kier molecular flexibility index (Phi) is 5.33. The maximum absolute atomic E-state index is 13.3. The number of nitrogens with zero attached hydrogens (tertiary/aromatic N) is 1.